The molecule has 2 nitrogen and oxygen atoms in total. The molecule has 0 saturated carbocycles. The molecule has 1 N–H and O–H groups in total. The molecule has 0 aromatic heterocycles. The number of rotatable bonds is 16. The summed E-state index contributed by atoms with van der Waals surface area (Å²) in [5.41, 5.74) is 0. The molecule has 0 aliphatic rings. The Hall–Kier alpha value is -0.350. The van der Waals surface area contributed by atoms with E-state index in [1.54, 1.807) is 6.92 Å². The van der Waals surface area contributed by atoms with Crippen molar-refractivity contribution >= 4 is 34.1 Å². The van der Waals surface area contributed by atoms with Gasteiger partial charge >= 0.3 is 5.97 Å². The molecule has 0 aromatic carbocycles. The summed E-state index contributed by atoms with van der Waals surface area (Å²) >= 11 is 6.81. The smallest absolute Gasteiger partial charge is 0.319 e. The summed E-state index contributed by atoms with van der Waals surface area (Å²) in [6, 6.07) is 0. The molecule has 0 radical (unpaired) electrons. The second-order valence-electron chi connectivity index (χ2n) is 7.36. The highest BCUT2D eigenvalue weighted by atomic mass is 32.2. The van der Waals surface area contributed by atoms with Crippen molar-refractivity contribution in [1.82, 2.24) is 0 Å². The molecule has 146 valence electrons. The van der Waals surface area contributed by atoms with Crippen molar-refractivity contribution in [3.05, 3.63) is 12.7 Å². The van der Waals surface area contributed by atoms with Gasteiger partial charge < -0.3 is 5.11 Å². The summed E-state index contributed by atoms with van der Waals surface area (Å²) in [5, 5.41) is 9.56. The Labute approximate surface area is 165 Å². The van der Waals surface area contributed by atoms with Crippen molar-refractivity contribution in [1.29, 1.82) is 0 Å². The number of unbranched alkanes of at least 4 members (excludes halogenated alkanes) is 9. The molecule has 0 rings (SSSR count). The quantitative estimate of drug-likeness (QED) is 0.170. The van der Waals surface area contributed by atoms with E-state index >= 15 is 0 Å². The van der Waals surface area contributed by atoms with Gasteiger partial charge in [-0.1, -0.05) is 89.9 Å². The third-order valence-corrected chi connectivity index (χ3v) is 6.32. The molecule has 0 aliphatic heterocycles. The van der Waals surface area contributed by atoms with Crippen LogP contribution in [0.2, 0.25) is 0 Å². The second-order valence-corrected chi connectivity index (χ2v) is 9.71. The number of aliphatic carboxylic acids is 1. The summed E-state index contributed by atoms with van der Waals surface area (Å²) in [7, 11) is 0. The number of carbonyl (C=O) groups is 1. The zero-order valence-electron chi connectivity index (χ0n) is 16.5. The van der Waals surface area contributed by atoms with Crippen molar-refractivity contribution in [3.8, 4) is 0 Å². The lowest BCUT2D eigenvalue weighted by molar-refractivity contribution is -0.139. The van der Waals surface area contributed by atoms with Crippen LogP contribution < -0.4 is 0 Å². The van der Waals surface area contributed by atoms with Crippen LogP contribution in [0, 0.1) is 5.92 Å². The molecule has 0 bridgehead atoms. The molecule has 0 aliphatic carbocycles. The standard InChI is InChI=1S/C21H38O2S2/c1-5-7-8-9-10-11-12-13-14-15-16-19(24)25-21(4,20(22)23)17-18(3)6-2/h6,18H,2,5,7-17H2,1,3-4H3,(H,22,23). The predicted molar refractivity (Wildman–Crippen MR) is 117 cm³/mol. The van der Waals surface area contributed by atoms with Gasteiger partial charge in [-0.05, 0) is 32.1 Å². The molecule has 2 atom stereocenters. The molecule has 0 amide bonds. The first-order chi connectivity index (χ1) is 11.9. The molecule has 0 spiro atoms. The Morgan fingerprint density at radius 3 is 2.04 bits per heavy atom. The fourth-order valence-electron chi connectivity index (χ4n) is 2.93. The zero-order chi connectivity index (χ0) is 19.1. The van der Waals surface area contributed by atoms with Crippen molar-refractivity contribution < 1.29 is 9.90 Å². The Morgan fingerprint density at radius 2 is 1.60 bits per heavy atom. The number of hydrogen-bond acceptors (Lipinski definition) is 3. The van der Waals surface area contributed by atoms with Gasteiger partial charge in [0, 0.05) is 4.20 Å². The number of thiocarbonyl (C=S) groups is 1. The van der Waals surface area contributed by atoms with Crippen LogP contribution >= 0.6 is 24.0 Å². The largest absolute Gasteiger partial charge is 0.480 e. The number of thioether (sulfide) groups is 1. The van der Waals surface area contributed by atoms with Crippen LogP contribution in [0.5, 0.6) is 0 Å². The van der Waals surface area contributed by atoms with E-state index in [0.717, 1.165) is 17.0 Å². The van der Waals surface area contributed by atoms with Crippen LogP contribution in [0.1, 0.15) is 97.8 Å². The topological polar surface area (TPSA) is 37.3 Å². The average molecular weight is 387 g/mol. The molecule has 4 heteroatoms. The normalized spacial score (nSPS) is 14.7. The van der Waals surface area contributed by atoms with Crippen LogP contribution in [-0.4, -0.2) is 20.0 Å². The van der Waals surface area contributed by atoms with Gasteiger partial charge in [-0.25, -0.2) is 0 Å². The van der Waals surface area contributed by atoms with Crippen LogP contribution in [0.15, 0.2) is 12.7 Å². The van der Waals surface area contributed by atoms with Crippen LogP contribution in [0.3, 0.4) is 0 Å². The Bertz CT molecular complexity index is 395. The molecular formula is C21H38O2S2. The van der Waals surface area contributed by atoms with Crippen molar-refractivity contribution in [3.63, 3.8) is 0 Å². The van der Waals surface area contributed by atoms with E-state index in [9.17, 15) is 9.90 Å². The first-order valence-electron chi connectivity index (χ1n) is 9.93. The highest BCUT2D eigenvalue weighted by Gasteiger charge is 2.36. The van der Waals surface area contributed by atoms with Crippen molar-refractivity contribution in [2.45, 2.75) is 103 Å². The van der Waals surface area contributed by atoms with Gasteiger partial charge in [0.1, 0.15) is 4.75 Å². The van der Waals surface area contributed by atoms with Crippen molar-refractivity contribution in [2.75, 3.05) is 0 Å². The van der Waals surface area contributed by atoms with Gasteiger partial charge in [0.15, 0.2) is 0 Å². The fraction of sp³-hybridized carbons (Fsp3) is 0.810. The maximum atomic E-state index is 11.6. The monoisotopic (exact) mass is 386 g/mol. The van der Waals surface area contributed by atoms with E-state index in [-0.39, 0.29) is 5.92 Å². The second kappa shape index (κ2) is 14.8. The van der Waals surface area contributed by atoms with Gasteiger partial charge in [0.2, 0.25) is 0 Å². The lowest BCUT2D eigenvalue weighted by atomic mass is 9.97. The van der Waals surface area contributed by atoms with Gasteiger partial charge in [0.05, 0.1) is 0 Å². The Morgan fingerprint density at radius 1 is 1.12 bits per heavy atom. The first kappa shape index (κ1) is 24.7. The number of carboxylic acids is 1. The number of carboxylic acid groups (broad SMARTS) is 1. The highest BCUT2D eigenvalue weighted by Crippen LogP contribution is 2.35. The first-order valence-corrected chi connectivity index (χ1v) is 11.2. The average Bonchev–Trinajstić information content (AvgIpc) is 2.56. The SMILES string of the molecule is C=CC(C)CC(C)(SC(=S)CCCCCCCCCCCC)C(=O)O. The molecule has 0 heterocycles. The molecule has 0 aromatic rings. The molecular weight excluding hydrogens is 348 g/mol. The molecule has 0 fully saturated rings. The summed E-state index contributed by atoms with van der Waals surface area (Å²) in [5.74, 6) is -0.606. The van der Waals surface area contributed by atoms with E-state index in [0.29, 0.717) is 6.42 Å². The molecule has 2 unspecified atom stereocenters. The summed E-state index contributed by atoms with van der Waals surface area (Å²) < 4.78 is -0.0101. The van der Waals surface area contributed by atoms with E-state index in [1.807, 2.05) is 13.0 Å². The van der Waals surface area contributed by atoms with Crippen LogP contribution in [0.4, 0.5) is 0 Å². The molecule has 25 heavy (non-hydrogen) atoms. The van der Waals surface area contributed by atoms with Crippen molar-refractivity contribution in [2.24, 2.45) is 5.92 Å². The Kier molecular flexibility index (Phi) is 14.6. The van der Waals surface area contributed by atoms with E-state index in [1.165, 1.54) is 69.5 Å². The fourth-order valence-corrected chi connectivity index (χ4v) is 4.81. The maximum absolute atomic E-state index is 11.6. The molecule has 0 saturated heterocycles. The van der Waals surface area contributed by atoms with Gasteiger partial charge in [-0.3, -0.25) is 4.79 Å². The minimum Gasteiger partial charge on any atom is -0.480 e. The third-order valence-electron chi connectivity index (χ3n) is 4.64. The minimum absolute atomic E-state index is 0.175. The van der Waals surface area contributed by atoms with E-state index in [4.69, 9.17) is 12.2 Å². The van der Waals surface area contributed by atoms with E-state index < -0.39 is 10.7 Å². The third kappa shape index (κ3) is 12.6. The highest BCUT2D eigenvalue weighted by molar-refractivity contribution is 8.24. The minimum atomic E-state index is -0.844. The number of hydrogen-bond donors (Lipinski definition) is 1. The maximum Gasteiger partial charge on any atom is 0.319 e. The lowest BCUT2D eigenvalue weighted by Gasteiger charge is -2.26. The summed E-state index contributed by atoms with van der Waals surface area (Å²) in [6.07, 6.45) is 16.2. The van der Waals surface area contributed by atoms with Gasteiger partial charge in [0.25, 0.3) is 0 Å². The van der Waals surface area contributed by atoms with Crippen LogP contribution in [-0.2, 0) is 4.79 Å². The lowest BCUT2D eigenvalue weighted by Crippen LogP contribution is -2.34. The predicted octanol–water partition coefficient (Wildman–Crippen LogP) is 7.41. The summed E-state index contributed by atoms with van der Waals surface area (Å²) in [4.78, 5) is 11.6. The van der Waals surface area contributed by atoms with Gasteiger partial charge in [-0.2, -0.15) is 0 Å². The van der Waals surface area contributed by atoms with Crippen LogP contribution in [0.25, 0.3) is 0 Å². The zero-order valence-corrected chi connectivity index (χ0v) is 18.2. The number of allylic oxidation sites excluding steroid dienone is 1. The Balaban J connectivity index is 3.87. The summed E-state index contributed by atoms with van der Waals surface area (Å²) in [6.45, 7) is 9.79. The van der Waals surface area contributed by atoms with Gasteiger partial charge in [-0.15, -0.1) is 18.3 Å². The van der Waals surface area contributed by atoms with E-state index in [2.05, 4.69) is 13.5 Å².